The summed E-state index contributed by atoms with van der Waals surface area (Å²) in [6.45, 7) is 1.43. The van der Waals surface area contributed by atoms with Crippen molar-refractivity contribution in [3.8, 4) is 5.75 Å². The van der Waals surface area contributed by atoms with Crippen molar-refractivity contribution >= 4 is 15.9 Å². The molecule has 1 saturated heterocycles. The third kappa shape index (κ3) is 6.48. The Balaban J connectivity index is 1.39. The first-order valence-electron chi connectivity index (χ1n) is 11.7. The molecule has 1 aliphatic heterocycles. The minimum absolute atomic E-state index is 0.0280. The van der Waals surface area contributed by atoms with E-state index in [0.717, 1.165) is 11.1 Å². The van der Waals surface area contributed by atoms with E-state index in [-0.39, 0.29) is 22.6 Å². The normalized spacial score (nSPS) is 18.2. The molecule has 0 spiro atoms. The number of ether oxygens (including phenoxy) is 1. The number of hydrogen-bond acceptors (Lipinski definition) is 5. The molecule has 4 rings (SSSR count). The van der Waals surface area contributed by atoms with Crippen molar-refractivity contribution in [3.63, 3.8) is 0 Å². The van der Waals surface area contributed by atoms with Crippen LogP contribution in [0.4, 0.5) is 0 Å². The Labute approximate surface area is 207 Å². The third-order valence-corrected chi connectivity index (χ3v) is 7.80. The number of rotatable bonds is 9. The highest BCUT2D eigenvalue weighted by Crippen LogP contribution is 2.24. The molecule has 35 heavy (non-hydrogen) atoms. The first kappa shape index (κ1) is 24.9. The van der Waals surface area contributed by atoms with E-state index < -0.39 is 16.1 Å². The Morgan fingerprint density at radius 3 is 2.26 bits per heavy atom. The molecule has 1 fully saturated rings. The summed E-state index contributed by atoms with van der Waals surface area (Å²) in [5.74, 6) is 0.0761. The largest absolute Gasteiger partial charge is 0.497 e. The lowest BCUT2D eigenvalue weighted by Crippen LogP contribution is -2.52. The number of piperidine rings is 1. The molecule has 0 radical (unpaired) electrons. The summed E-state index contributed by atoms with van der Waals surface area (Å²) in [5, 5.41) is 6.31. The van der Waals surface area contributed by atoms with Gasteiger partial charge in [0.05, 0.1) is 17.9 Å². The van der Waals surface area contributed by atoms with Gasteiger partial charge in [0.1, 0.15) is 5.75 Å². The van der Waals surface area contributed by atoms with Gasteiger partial charge in [0.2, 0.25) is 15.9 Å². The van der Waals surface area contributed by atoms with Crippen molar-refractivity contribution < 1.29 is 17.9 Å². The summed E-state index contributed by atoms with van der Waals surface area (Å²) in [6, 6.07) is 26.1. The number of hydrogen-bond donors (Lipinski definition) is 3. The van der Waals surface area contributed by atoms with Crippen LogP contribution in [0.1, 0.15) is 23.5 Å². The van der Waals surface area contributed by atoms with Gasteiger partial charge < -0.3 is 15.4 Å². The number of amides is 1. The standard InChI is InChI=1S/C27H31N3O4S/c1-34-24-13-8-14-25(16-24)35(32,33)30-23-15-22(17-28-18-23)27(31)29-19-26(20-9-4-2-5-10-20)21-11-6-3-7-12-21/h2-14,16,22-23,26,28,30H,15,17-19H2,1H3,(H,29,31)/t22-,23-/m0/s1. The summed E-state index contributed by atoms with van der Waals surface area (Å²) in [7, 11) is -2.25. The minimum atomic E-state index is -3.74. The maximum atomic E-state index is 13.1. The maximum Gasteiger partial charge on any atom is 0.240 e. The Kier molecular flexibility index (Phi) is 8.17. The van der Waals surface area contributed by atoms with Gasteiger partial charge in [-0.3, -0.25) is 4.79 Å². The smallest absolute Gasteiger partial charge is 0.240 e. The molecule has 1 heterocycles. The van der Waals surface area contributed by atoms with E-state index in [2.05, 4.69) is 39.6 Å². The molecule has 1 amide bonds. The van der Waals surface area contributed by atoms with Crippen molar-refractivity contribution in [2.24, 2.45) is 5.92 Å². The van der Waals surface area contributed by atoms with Crippen LogP contribution in [0, 0.1) is 5.92 Å². The van der Waals surface area contributed by atoms with Crippen LogP contribution in [-0.2, 0) is 14.8 Å². The van der Waals surface area contributed by atoms with E-state index in [4.69, 9.17) is 4.74 Å². The Morgan fingerprint density at radius 1 is 0.971 bits per heavy atom. The molecule has 0 bridgehead atoms. The molecule has 8 heteroatoms. The average Bonchev–Trinajstić information content (AvgIpc) is 2.90. The van der Waals surface area contributed by atoms with Crippen LogP contribution in [0.3, 0.4) is 0 Å². The fraction of sp³-hybridized carbons (Fsp3) is 0.296. The lowest BCUT2D eigenvalue weighted by Gasteiger charge is -2.30. The fourth-order valence-electron chi connectivity index (χ4n) is 4.43. The molecule has 184 valence electrons. The predicted molar refractivity (Wildman–Crippen MR) is 136 cm³/mol. The Bertz CT molecular complexity index is 1180. The lowest BCUT2D eigenvalue weighted by atomic mass is 9.90. The summed E-state index contributed by atoms with van der Waals surface area (Å²) < 4.78 is 33.6. The molecular weight excluding hydrogens is 462 g/mol. The van der Waals surface area contributed by atoms with Crippen LogP contribution in [-0.4, -0.2) is 47.1 Å². The number of nitrogens with one attached hydrogen (secondary N) is 3. The van der Waals surface area contributed by atoms with Gasteiger partial charge in [0.15, 0.2) is 0 Å². The second-order valence-electron chi connectivity index (χ2n) is 8.71. The average molecular weight is 494 g/mol. The van der Waals surface area contributed by atoms with Crippen molar-refractivity contribution in [1.82, 2.24) is 15.4 Å². The van der Waals surface area contributed by atoms with E-state index in [1.54, 1.807) is 12.1 Å². The Hall–Kier alpha value is -3.20. The van der Waals surface area contributed by atoms with Crippen LogP contribution in [0.15, 0.2) is 89.8 Å². The van der Waals surface area contributed by atoms with Crippen molar-refractivity contribution in [2.45, 2.75) is 23.3 Å². The van der Waals surface area contributed by atoms with Crippen LogP contribution >= 0.6 is 0 Å². The summed E-state index contributed by atoms with van der Waals surface area (Å²) in [4.78, 5) is 13.2. The first-order chi connectivity index (χ1) is 17.0. The van der Waals surface area contributed by atoms with Gasteiger partial charge in [0, 0.05) is 37.7 Å². The molecule has 1 aliphatic rings. The molecule has 3 aromatic carbocycles. The zero-order valence-electron chi connectivity index (χ0n) is 19.7. The third-order valence-electron chi connectivity index (χ3n) is 6.28. The number of carbonyl (C=O) groups excluding carboxylic acids is 1. The highest BCUT2D eigenvalue weighted by Gasteiger charge is 2.30. The molecule has 0 saturated carbocycles. The van der Waals surface area contributed by atoms with Crippen molar-refractivity contribution in [2.75, 3.05) is 26.7 Å². The van der Waals surface area contributed by atoms with Gasteiger partial charge >= 0.3 is 0 Å². The number of sulfonamides is 1. The lowest BCUT2D eigenvalue weighted by molar-refractivity contribution is -0.125. The first-order valence-corrected chi connectivity index (χ1v) is 13.2. The molecule has 3 aromatic rings. The molecule has 7 nitrogen and oxygen atoms in total. The zero-order chi connectivity index (χ0) is 24.7. The van der Waals surface area contributed by atoms with Crippen LogP contribution < -0.4 is 20.1 Å². The van der Waals surface area contributed by atoms with Crippen LogP contribution in [0.25, 0.3) is 0 Å². The molecular formula is C27H31N3O4S. The van der Waals surface area contributed by atoms with Crippen LogP contribution in [0.5, 0.6) is 5.75 Å². The van der Waals surface area contributed by atoms with E-state index in [9.17, 15) is 13.2 Å². The monoisotopic (exact) mass is 493 g/mol. The molecule has 2 atom stereocenters. The fourth-order valence-corrected chi connectivity index (χ4v) is 5.72. The SMILES string of the molecule is COc1cccc(S(=O)(=O)N[C@@H]2CNC[C@@H](C(=O)NCC(c3ccccc3)c3ccccc3)C2)c1. The summed E-state index contributed by atoms with van der Waals surface area (Å²) >= 11 is 0. The van der Waals surface area contributed by atoms with E-state index in [1.807, 2.05) is 36.4 Å². The topological polar surface area (TPSA) is 96.5 Å². The molecule has 0 aromatic heterocycles. The predicted octanol–water partition coefficient (Wildman–Crippen LogP) is 2.90. The highest BCUT2D eigenvalue weighted by molar-refractivity contribution is 7.89. The Morgan fingerprint density at radius 2 is 1.63 bits per heavy atom. The van der Waals surface area contributed by atoms with Gasteiger partial charge in [-0.2, -0.15) is 0 Å². The maximum absolute atomic E-state index is 13.1. The molecule has 0 unspecified atom stereocenters. The summed E-state index contributed by atoms with van der Waals surface area (Å²) in [5.41, 5.74) is 2.26. The van der Waals surface area contributed by atoms with Gasteiger partial charge in [-0.15, -0.1) is 0 Å². The number of methoxy groups -OCH3 is 1. The molecule has 3 N–H and O–H groups in total. The van der Waals surface area contributed by atoms with Gasteiger partial charge in [-0.05, 0) is 29.7 Å². The summed E-state index contributed by atoms with van der Waals surface area (Å²) in [6.07, 6.45) is 0.420. The van der Waals surface area contributed by atoms with Crippen molar-refractivity contribution in [3.05, 3.63) is 96.1 Å². The quantitative estimate of drug-likeness (QED) is 0.426. The zero-order valence-corrected chi connectivity index (χ0v) is 20.5. The van der Waals surface area contributed by atoms with Gasteiger partial charge in [-0.25, -0.2) is 13.1 Å². The second-order valence-corrected chi connectivity index (χ2v) is 10.4. The van der Waals surface area contributed by atoms with Crippen LogP contribution in [0.2, 0.25) is 0 Å². The number of benzene rings is 3. The minimum Gasteiger partial charge on any atom is -0.497 e. The highest BCUT2D eigenvalue weighted by atomic mass is 32.2. The van der Waals surface area contributed by atoms with E-state index in [1.165, 1.54) is 19.2 Å². The molecule has 0 aliphatic carbocycles. The van der Waals surface area contributed by atoms with Gasteiger partial charge in [-0.1, -0.05) is 66.7 Å². The van der Waals surface area contributed by atoms with E-state index in [0.29, 0.717) is 31.8 Å². The van der Waals surface area contributed by atoms with Crippen molar-refractivity contribution in [1.29, 1.82) is 0 Å². The second kappa shape index (κ2) is 11.5. The number of carbonyl (C=O) groups is 1. The van der Waals surface area contributed by atoms with E-state index >= 15 is 0 Å². The van der Waals surface area contributed by atoms with Gasteiger partial charge in [0.25, 0.3) is 0 Å².